The zero-order chi connectivity index (χ0) is 43.4. The Hall–Kier alpha value is -3.76. The molecular formula is C46H56O16. The van der Waals surface area contributed by atoms with Gasteiger partial charge < -0.3 is 78.4 Å². The van der Waals surface area contributed by atoms with Gasteiger partial charge in [0.1, 0.15) is 73.2 Å². The Bertz CT molecular complexity index is 1860. The molecule has 3 saturated heterocycles. The predicted octanol–water partition coefficient (Wildman–Crippen LogP) is 1.33. The highest BCUT2D eigenvalue weighted by Crippen LogP contribution is 2.36. The first-order chi connectivity index (χ1) is 30.2. The molecule has 336 valence electrons. The molecule has 16 nitrogen and oxygen atoms in total. The molecule has 0 saturated carbocycles. The third-order valence-corrected chi connectivity index (χ3v) is 11.1. The van der Waals surface area contributed by atoms with Crippen molar-refractivity contribution in [3.8, 4) is 0 Å². The molecule has 4 aromatic rings. The fraction of sp³-hybridized carbons (Fsp3) is 0.478. The maximum Gasteiger partial charge on any atom is 0.187 e. The van der Waals surface area contributed by atoms with Crippen LogP contribution < -0.4 is 0 Å². The minimum absolute atomic E-state index is 0.00879. The second kappa shape index (κ2) is 22.7. The Balaban J connectivity index is 1.19. The number of aliphatic hydroxyl groups is 7. The third kappa shape index (κ3) is 11.7. The summed E-state index contributed by atoms with van der Waals surface area (Å²) in [6.45, 7) is -0.796. The highest BCUT2D eigenvalue weighted by atomic mass is 16.8. The maximum atomic E-state index is 11.7. The summed E-state index contributed by atoms with van der Waals surface area (Å²) in [7, 11) is 0. The summed E-state index contributed by atoms with van der Waals surface area (Å²) in [5.41, 5.74) is 3.55. The Morgan fingerprint density at radius 1 is 0.387 bits per heavy atom. The zero-order valence-electron chi connectivity index (χ0n) is 34.0. The molecule has 62 heavy (non-hydrogen) atoms. The lowest BCUT2D eigenvalue weighted by molar-refractivity contribution is -0.383. The van der Waals surface area contributed by atoms with E-state index < -0.39 is 105 Å². The third-order valence-electron chi connectivity index (χ3n) is 11.1. The summed E-state index contributed by atoms with van der Waals surface area (Å²) >= 11 is 0. The van der Waals surface area contributed by atoms with Crippen LogP contribution in [0.4, 0.5) is 0 Å². The Kier molecular flexibility index (Phi) is 17.0. The first-order valence-corrected chi connectivity index (χ1v) is 20.7. The number of aliphatic hydroxyl groups excluding tert-OH is 7. The van der Waals surface area contributed by atoms with Gasteiger partial charge in [0, 0.05) is 0 Å². The molecular weight excluding hydrogens is 808 g/mol. The molecule has 7 rings (SSSR count). The molecule has 0 bridgehead atoms. The van der Waals surface area contributed by atoms with Crippen molar-refractivity contribution in [2.75, 3.05) is 19.8 Å². The van der Waals surface area contributed by atoms with E-state index in [4.69, 9.17) is 42.6 Å². The lowest BCUT2D eigenvalue weighted by Crippen LogP contribution is -2.67. The molecule has 7 N–H and O–H groups in total. The zero-order valence-corrected chi connectivity index (χ0v) is 34.0. The maximum absolute atomic E-state index is 11.7. The smallest absolute Gasteiger partial charge is 0.187 e. The summed E-state index contributed by atoms with van der Waals surface area (Å²) in [5.74, 6) is 0. The van der Waals surface area contributed by atoms with Gasteiger partial charge in [0.25, 0.3) is 0 Å². The number of benzene rings is 4. The van der Waals surface area contributed by atoms with Crippen LogP contribution in [-0.2, 0) is 69.1 Å². The summed E-state index contributed by atoms with van der Waals surface area (Å²) in [6, 6.07) is 38.3. The van der Waals surface area contributed by atoms with Gasteiger partial charge in [-0.05, 0) is 22.3 Å². The Morgan fingerprint density at radius 3 is 1.29 bits per heavy atom. The normalized spacial score (nSPS) is 33.9. The molecule has 3 fully saturated rings. The molecule has 0 unspecified atom stereocenters. The van der Waals surface area contributed by atoms with Crippen LogP contribution >= 0.6 is 0 Å². The summed E-state index contributed by atoms with van der Waals surface area (Å²) in [5, 5.41) is 74.6. The topological polar surface area (TPSA) is 225 Å². The van der Waals surface area contributed by atoms with Gasteiger partial charge in [-0.1, -0.05) is 121 Å². The summed E-state index contributed by atoms with van der Waals surface area (Å²) in [6.07, 6.45) is -21.5. The van der Waals surface area contributed by atoms with E-state index in [9.17, 15) is 35.7 Å². The van der Waals surface area contributed by atoms with Crippen LogP contribution in [-0.4, -0.2) is 148 Å². The lowest BCUT2D eigenvalue weighted by atomic mass is 9.95. The van der Waals surface area contributed by atoms with Crippen molar-refractivity contribution in [2.24, 2.45) is 0 Å². The van der Waals surface area contributed by atoms with Crippen molar-refractivity contribution < 1.29 is 78.4 Å². The van der Waals surface area contributed by atoms with Gasteiger partial charge in [-0.3, -0.25) is 0 Å². The van der Waals surface area contributed by atoms with Crippen LogP contribution in [0.5, 0.6) is 0 Å². The summed E-state index contributed by atoms with van der Waals surface area (Å²) in [4.78, 5) is 0. The minimum Gasteiger partial charge on any atom is -0.394 e. The van der Waals surface area contributed by atoms with Gasteiger partial charge in [0.15, 0.2) is 18.9 Å². The van der Waals surface area contributed by atoms with Crippen molar-refractivity contribution >= 4 is 0 Å². The van der Waals surface area contributed by atoms with E-state index >= 15 is 0 Å². The monoisotopic (exact) mass is 864 g/mol. The second-order valence-corrected chi connectivity index (χ2v) is 15.5. The average molecular weight is 865 g/mol. The highest BCUT2D eigenvalue weighted by molar-refractivity contribution is 5.16. The summed E-state index contributed by atoms with van der Waals surface area (Å²) < 4.78 is 56.6. The first kappa shape index (κ1) is 46.2. The quantitative estimate of drug-likeness (QED) is 0.0706. The van der Waals surface area contributed by atoms with Crippen LogP contribution in [0, 0.1) is 0 Å². The van der Waals surface area contributed by atoms with Crippen molar-refractivity contribution in [3.05, 3.63) is 144 Å². The number of hydrogen-bond acceptors (Lipinski definition) is 16. The molecule has 0 aliphatic carbocycles. The van der Waals surface area contributed by atoms with Gasteiger partial charge >= 0.3 is 0 Å². The number of hydrogen-bond donors (Lipinski definition) is 7. The van der Waals surface area contributed by atoms with Crippen LogP contribution in [0.3, 0.4) is 0 Å². The Labute approximate surface area is 359 Å². The lowest BCUT2D eigenvalue weighted by Gasteiger charge is -2.49. The van der Waals surface area contributed by atoms with Crippen molar-refractivity contribution in [2.45, 2.75) is 119 Å². The molecule has 4 aromatic carbocycles. The van der Waals surface area contributed by atoms with E-state index in [-0.39, 0.29) is 33.0 Å². The Morgan fingerprint density at radius 2 is 0.790 bits per heavy atom. The van der Waals surface area contributed by atoms with Gasteiger partial charge in [-0.15, -0.1) is 0 Å². The minimum atomic E-state index is -1.87. The predicted molar refractivity (Wildman–Crippen MR) is 217 cm³/mol. The fourth-order valence-electron chi connectivity index (χ4n) is 7.73. The molecule has 3 heterocycles. The van der Waals surface area contributed by atoms with E-state index in [1.165, 1.54) is 0 Å². The standard InChI is InChI=1S/C46H56O16/c47-21-32-39(35(49)37(51)44(53)58-32)61-45-38(52)36(50)40(33(22-48)59-45)62-46-43(57-26-31-19-11-4-12-20-31)42(56-25-30-17-9-3-10-18-30)41(55-24-29-15-7-2-8-16-29)34(60-46)27-54-23-28-13-5-1-6-14-28/h1-20,32-53H,21-27H2/t32-,33-,34-,35-,36-,37-,38-,39-,40+,41+,42+,43-,44-,45+,46-/m1/s1. The first-order valence-electron chi connectivity index (χ1n) is 20.7. The SMILES string of the molecule is OC[C@H]1O[C@@H](O[C@H]2[C@H](O)[C@@H](O)[C@H](O)O[C@@H]2CO)[C@H](O)[C@@H](O)[C@H]1O[C@H]1O[C@H](COCc2ccccc2)[C@H](OCc2ccccc2)[C@H](OCc2ccccc2)[C@H]1OCc1ccccc1. The molecule has 0 amide bonds. The van der Waals surface area contributed by atoms with Crippen molar-refractivity contribution in [1.29, 1.82) is 0 Å². The van der Waals surface area contributed by atoms with E-state index in [2.05, 4.69) is 0 Å². The van der Waals surface area contributed by atoms with Crippen LogP contribution in [0.2, 0.25) is 0 Å². The molecule has 0 radical (unpaired) electrons. The van der Waals surface area contributed by atoms with Gasteiger partial charge in [-0.2, -0.15) is 0 Å². The second-order valence-electron chi connectivity index (χ2n) is 15.5. The van der Waals surface area contributed by atoms with Gasteiger partial charge in [-0.25, -0.2) is 0 Å². The molecule has 16 heteroatoms. The highest BCUT2D eigenvalue weighted by Gasteiger charge is 2.55. The van der Waals surface area contributed by atoms with E-state index in [0.29, 0.717) is 0 Å². The average Bonchev–Trinajstić information content (AvgIpc) is 3.31. The largest absolute Gasteiger partial charge is 0.394 e. The van der Waals surface area contributed by atoms with Crippen molar-refractivity contribution in [3.63, 3.8) is 0 Å². The van der Waals surface area contributed by atoms with Crippen LogP contribution in [0.15, 0.2) is 121 Å². The van der Waals surface area contributed by atoms with Crippen LogP contribution in [0.1, 0.15) is 22.3 Å². The van der Waals surface area contributed by atoms with Crippen molar-refractivity contribution in [1.82, 2.24) is 0 Å². The fourth-order valence-corrected chi connectivity index (χ4v) is 7.73. The van der Waals surface area contributed by atoms with Gasteiger partial charge in [0.2, 0.25) is 0 Å². The molecule has 3 aliphatic heterocycles. The van der Waals surface area contributed by atoms with E-state index in [1.54, 1.807) is 0 Å². The van der Waals surface area contributed by atoms with E-state index in [1.807, 2.05) is 121 Å². The molecule has 0 aromatic heterocycles. The van der Waals surface area contributed by atoms with E-state index in [0.717, 1.165) is 22.3 Å². The molecule has 3 aliphatic rings. The molecule has 0 spiro atoms. The molecule has 15 atom stereocenters. The van der Waals surface area contributed by atoms with Crippen LogP contribution in [0.25, 0.3) is 0 Å². The number of ether oxygens (including phenoxy) is 9. The van der Waals surface area contributed by atoms with Gasteiger partial charge in [0.05, 0.1) is 46.2 Å². The number of rotatable bonds is 19.